The van der Waals surface area contributed by atoms with E-state index in [2.05, 4.69) is 11.7 Å². The summed E-state index contributed by atoms with van der Waals surface area (Å²) in [6.07, 6.45) is 4.97. The number of alkyl halides is 3. The largest absolute Gasteiger partial charge is 0.465 e. The van der Waals surface area contributed by atoms with Crippen LogP contribution in [0.25, 0.3) is 0 Å². The first kappa shape index (κ1) is 17.1. The second-order valence-electron chi connectivity index (χ2n) is 4.27. The normalized spacial score (nSPS) is 15.4. The molecule has 5 heteroatoms. The van der Waals surface area contributed by atoms with E-state index in [-0.39, 0.29) is 3.92 Å². The summed E-state index contributed by atoms with van der Waals surface area (Å²) >= 11 is 2.01. The van der Waals surface area contributed by atoms with Gasteiger partial charge in [0.2, 0.25) is 0 Å². The number of hydrogen-bond acceptors (Lipinski definition) is 2. The van der Waals surface area contributed by atoms with Crippen LogP contribution in [0.3, 0.4) is 0 Å². The maximum Gasteiger partial charge on any atom is 0.377 e. The second-order valence-corrected chi connectivity index (χ2v) is 5.87. The van der Waals surface area contributed by atoms with Gasteiger partial charge in [0.25, 0.3) is 0 Å². The molecule has 0 aromatic rings. The molecule has 0 heterocycles. The number of carbonyl (C=O) groups excluding carboxylic acids is 1. The molecule has 0 fully saturated rings. The van der Waals surface area contributed by atoms with E-state index in [9.17, 15) is 13.6 Å². The minimum absolute atomic E-state index is 0.210. The van der Waals surface area contributed by atoms with Gasteiger partial charge in [-0.1, -0.05) is 62.1 Å². The molecular weight excluding hydrogens is 341 g/mol. The monoisotopic (exact) mass is 362 g/mol. The lowest BCUT2D eigenvalue weighted by Gasteiger charge is -2.25. The molecular formula is C12H21F2IO2. The lowest BCUT2D eigenvalue weighted by Crippen LogP contribution is -2.40. The van der Waals surface area contributed by atoms with Crippen molar-refractivity contribution in [3.63, 3.8) is 0 Å². The van der Waals surface area contributed by atoms with Gasteiger partial charge in [0.05, 0.1) is 7.11 Å². The summed E-state index contributed by atoms with van der Waals surface area (Å²) in [5, 5.41) is 0. The van der Waals surface area contributed by atoms with Gasteiger partial charge in [-0.15, -0.1) is 0 Å². The summed E-state index contributed by atoms with van der Waals surface area (Å²) in [5.41, 5.74) is 0. The van der Waals surface area contributed by atoms with Gasteiger partial charge in [-0.3, -0.25) is 0 Å². The zero-order valence-corrected chi connectivity index (χ0v) is 12.8. The van der Waals surface area contributed by atoms with Gasteiger partial charge in [0, 0.05) is 9.84 Å². The average molecular weight is 362 g/mol. The van der Waals surface area contributed by atoms with E-state index in [0.29, 0.717) is 6.42 Å². The van der Waals surface area contributed by atoms with Gasteiger partial charge < -0.3 is 4.74 Å². The van der Waals surface area contributed by atoms with Crippen molar-refractivity contribution in [2.24, 2.45) is 5.92 Å². The molecule has 0 aromatic heterocycles. The Morgan fingerprint density at radius 2 is 1.94 bits per heavy atom. The van der Waals surface area contributed by atoms with Crippen LogP contribution in [0, 0.1) is 5.92 Å². The van der Waals surface area contributed by atoms with Crippen LogP contribution >= 0.6 is 22.6 Å². The molecule has 102 valence electrons. The van der Waals surface area contributed by atoms with Crippen LogP contribution in [0.15, 0.2) is 0 Å². The Morgan fingerprint density at radius 3 is 2.41 bits per heavy atom. The van der Waals surface area contributed by atoms with Crippen molar-refractivity contribution in [1.82, 2.24) is 0 Å². The minimum Gasteiger partial charge on any atom is -0.465 e. The Labute approximate surface area is 116 Å². The molecule has 2 nitrogen and oxygen atoms in total. The van der Waals surface area contributed by atoms with E-state index in [1.54, 1.807) is 0 Å². The predicted molar refractivity (Wildman–Crippen MR) is 72.7 cm³/mol. The average Bonchev–Trinajstić information content (AvgIpc) is 2.32. The van der Waals surface area contributed by atoms with Gasteiger partial charge in [-0.2, -0.15) is 8.78 Å². The maximum absolute atomic E-state index is 13.6. The van der Waals surface area contributed by atoms with Gasteiger partial charge in [0.15, 0.2) is 0 Å². The molecule has 0 amide bonds. The van der Waals surface area contributed by atoms with Crippen LogP contribution in [0.5, 0.6) is 0 Å². The minimum atomic E-state index is -3.38. The standard InChI is InChI=1S/C12H21F2IO2/c1-4-5-6-7-8-10(15)9(2)12(13,14)11(16)17-3/h9-10H,4-8H2,1-3H3. The Kier molecular flexibility index (Phi) is 8.24. The number of unbranched alkanes of at least 4 members (excludes halogenated alkanes) is 3. The summed E-state index contributed by atoms with van der Waals surface area (Å²) in [4.78, 5) is 11.0. The second kappa shape index (κ2) is 8.21. The maximum atomic E-state index is 13.6. The van der Waals surface area contributed by atoms with E-state index in [1.165, 1.54) is 6.92 Å². The molecule has 0 radical (unpaired) electrons. The quantitative estimate of drug-likeness (QED) is 0.280. The zero-order chi connectivity index (χ0) is 13.5. The van der Waals surface area contributed by atoms with Crippen molar-refractivity contribution in [1.29, 1.82) is 0 Å². The number of methoxy groups -OCH3 is 1. The highest BCUT2D eigenvalue weighted by molar-refractivity contribution is 14.1. The summed E-state index contributed by atoms with van der Waals surface area (Å²) in [6.45, 7) is 3.52. The third-order valence-electron chi connectivity index (χ3n) is 2.91. The van der Waals surface area contributed by atoms with E-state index >= 15 is 0 Å². The molecule has 0 aliphatic heterocycles. The van der Waals surface area contributed by atoms with E-state index in [1.807, 2.05) is 22.6 Å². The number of carbonyl (C=O) groups is 1. The van der Waals surface area contributed by atoms with Crippen molar-refractivity contribution in [2.75, 3.05) is 7.11 Å². The summed E-state index contributed by atoms with van der Waals surface area (Å²) in [7, 11) is 0.992. The highest BCUT2D eigenvalue weighted by Crippen LogP contribution is 2.34. The summed E-state index contributed by atoms with van der Waals surface area (Å²) in [6, 6.07) is 0. The number of rotatable bonds is 8. The predicted octanol–water partition coefficient (Wildman–Crippen LogP) is 4.20. The third-order valence-corrected chi connectivity index (χ3v) is 4.61. The number of esters is 1. The van der Waals surface area contributed by atoms with Crippen LogP contribution in [0.2, 0.25) is 0 Å². The molecule has 0 aliphatic carbocycles. The Balaban J connectivity index is 4.19. The molecule has 0 spiro atoms. The highest BCUT2D eigenvalue weighted by atomic mass is 127. The Hall–Kier alpha value is 0.0600. The van der Waals surface area contributed by atoms with Gasteiger partial charge in [-0.25, -0.2) is 4.79 Å². The van der Waals surface area contributed by atoms with Gasteiger partial charge in [-0.05, 0) is 6.42 Å². The van der Waals surface area contributed by atoms with Crippen LogP contribution in [-0.2, 0) is 9.53 Å². The number of ether oxygens (including phenoxy) is 1. The Bertz CT molecular complexity index is 235. The van der Waals surface area contributed by atoms with Crippen LogP contribution in [-0.4, -0.2) is 22.9 Å². The molecule has 0 rings (SSSR count). The molecule has 0 aliphatic rings. The fourth-order valence-electron chi connectivity index (χ4n) is 1.57. The molecule has 2 atom stereocenters. The lowest BCUT2D eigenvalue weighted by molar-refractivity contribution is -0.176. The SMILES string of the molecule is CCCCCCC(I)C(C)C(F)(F)C(=O)OC. The summed E-state index contributed by atoms with van der Waals surface area (Å²) < 4.78 is 31.0. The van der Waals surface area contributed by atoms with Crippen LogP contribution in [0.1, 0.15) is 46.0 Å². The third kappa shape index (κ3) is 5.48. The van der Waals surface area contributed by atoms with Gasteiger partial charge in [0.1, 0.15) is 0 Å². The molecule has 17 heavy (non-hydrogen) atoms. The fraction of sp³-hybridized carbons (Fsp3) is 0.917. The van der Waals surface area contributed by atoms with E-state index < -0.39 is 17.8 Å². The molecule has 0 aromatic carbocycles. The molecule has 0 saturated heterocycles. The first-order chi connectivity index (χ1) is 7.87. The van der Waals surface area contributed by atoms with E-state index in [4.69, 9.17) is 0 Å². The van der Waals surface area contributed by atoms with Crippen molar-refractivity contribution in [2.45, 2.75) is 55.8 Å². The highest BCUT2D eigenvalue weighted by Gasteiger charge is 2.48. The first-order valence-corrected chi connectivity index (χ1v) is 7.22. The Morgan fingerprint density at radius 1 is 1.35 bits per heavy atom. The molecule has 0 bridgehead atoms. The number of halogens is 3. The molecule has 2 unspecified atom stereocenters. The van der Waals surface area contributed by atoms with Crippen LogP contribution < -0.4 is 0 Å². The van der Waals surface area contributed by atoms with E-state index in [0.717, 1.165) is 32.8 Å². The zero-order valence-electron chi connectivity index (χ0n) is 10.6. The van der Waals surface area contributed by atoms with Crippen molar-refractivity contribution in [3.8, 4) is 0 Å². The smallest absolute Gasteiger partial charge is 0.377 e. The van der Waals surface area contributed by atoms with Crippen LogP contribution in [0.4, 0.5) is 8.78 Å². The fourth-order valence-corrected chi connectivity index (χ4v) is 2.46. The molecule has 0 N–H and O–H groups in total. The van der Waals surface area contributed by atoms with Crippen molar-refractivity contribution < 1.29 is 18.3 Å². The first-order valence-electron chi connectivity index (χ1n) is 5.98. The van der Waals surface area contributed by atoms with Gasteiger partial charge >= 0.3 is 11.9 Å². The topological polar surface area (TPSA) is 26.3 Å². The van der Waals surface area contributed by atoms with Crippen molar-refractivity contribution in [3.05, 3.63) is 0 Å². The number of hydrogen-bond donors (Lipinski definition) is 0. The molecule has 0 saturated carbocycles. The summed E-state index contributed by atoms with van der Waals surface area (Å²) in [5.74, 6) is -5.80. The van der Waals surface area contributed by atoms with Crippen molar-refractivity contribution >= 4 is 28.6 Å². The lowest BCUT2D eigenvalue weighted by atomic mass is 9.96.